The molecule has 1 heterocycles. The van der Waals surface area contributed by atoms with Gasteiger partial charge in [-0.1, -0.05) is 42.5 Å². The van der Waals surface area contributed by atoms with E-state index in [1.165, 1.54) is 4.90 Å². The van der Waals surface area contributed by atoms with Gasteiger partial charge in [-0.2, -0.15) is 0 Å². The minimum atomic E-state index is -0.294. The van der Waals surface area contributed by atoms with Gasteiger partial charge in [0.15, 0.2) is 0 Å². The Hall–Kier alpha value is -3.40. The van der Waals surface area contributed by atoms with E-state index in [4.69, 9.17) is 0 Å². The predicted octanol–water partition coefficient (Wildman–Crippen LogP) is 4.23. The lowest BCUT2D eigenvalue weighted by Crippen LogP contribution is -2.29. The molecule has 0 fully saturated rings. The summed E-state index contributed by atoms with van der Waals surface area (Å²) in [7, 11) is 0. The average molecular weight is 314 g/mol. The highest BCUT2D eigenvalue weighted by atomic mass is 16.2. The zero-order valence-electron chi connectivity index (χ0n) is 12.8. The lowest BCUT2D eigenvalue weighted by Gasteiger charge is -2.19. The number of rotatable bonds is 3. The fraction of sp³-hybridized carbons (Fsp3) is 0. The molecule has 4 rings (SSSR count). The maximum absolute atomic E-state index is 12.7. The Balaban J connectivity index is 1.76. The summed E-state index contributed by atoms with van der Waals surface area (Å²) in [6.45, 7) is 0. The van der Waals surface area contributed by atoms with Crippen LogP contribution in [-0.2, 0) is 0 Å². The molecule has 3 aromatic rings. The van der Waals surface area contributed by atoms with Crippen LogP contribution < -0.4 is 10.2 Å². The number of fused-ring (bicyclic) bond motifs is 1. The van der Waals surface area contributed by atoms with Crippen LogP contribution in [0.3, 0.4) is 0 Å². The van der Waals surface area contributed by atoms with E-state index in [0.29, 0.717) is 22.5 Å². The number of nitrogens with one attached hydrogen (secondary N) is 1. The number of hydrogen-bond acceptors (Lipinski definition) is 3. The van der Waals surface area contributed by atoms with Crippen LogP contribution in [0.1, 0.15) is 20.7 Å². The van der Waals surface area contributed by atoms with Crippen molar-refractivity contribution >= 4 is 28.9 Å². The second-order valence-corrected chi connectivity index (χ2v) is 5.50. The first-order valence-corrected chi connectivity index (χ1v) is 7.64. The maximum Gasteiger partial charge on any atom is 0.266 e. The molecule has 0 aliphatic carbocycles. The van der Waals surface area contributed by atoms with Crippen LogP contribution in [0.4, 0.5) is 17.1 Å². The highest BCUT2D eigenvalue weighted by Crippen LogP contribution is 2.34. The molecule has 1 N–H and O–H groups in total. The molecule has 1 aliphatic rings. The van der Waals surface area contributed by atoms with Crippen LogP contribution >= 0.6 is 0 Å². The minimum absolute atomic E-state index is 0.294. The highest BCUT2D eigenvalue weighted by Gasteiger charge is 2.37. The summed E-state index contributed by atoms with van der Waals surface area (Å²) in [5.41, 5.74) is 3.03. The Labute approximate surface area is 139 Å². The Morgan fingerprint density at radius 1 is 0.625 bits per heavy atom. The summed E-state index contributed by atoms with van der Waals surface area (Å²) in [5, 5.41) is 3.27. The first kappa shape index (κ1) is 14.2. The molecule has 1 aliphatic heterocycles. The number of anilines is 3. The molecule has 3 aromatic carbocycles. The first-order valence-electron chi connectivity index (χ1n) is 7.64. The molecule has 4 heteroatoms. The first-order chi connectivity index (χ1) is 11.8. The van der Waals surface area contributed by atoms with Gasteiger partial charge >= 0.3 is 0 Å². The van der Waals surface area contributed by atoms with Crippen LogP contribution in [0.5, 0.6) is 0 Å². The molecular weight excluding hydrogens is 300 g/mol. The van der Waals surface area contributed by atoms with Gasteiger partial charge in [0, 0.05) is 5.69 Å². The van der Waals surface area contributed by atoms with Gasteiger partial charge in [-0.05, 0) is 36.4 Å². The Kier molecular flexibility index (Phi) is 3.35. The molecule has 4 nitrogen and oxygen atoms in total. The molecule has 0 saturated heterocycles. The number of benzene rings is 3. The number of hydrogen-bond donors (Lipinski definition) is 1. The average Bonchev–Trinajstić information content (AvgIpc) is 2.88. The summed E-state index contributed by atoms with van der Waals surface area (Å²) >= 11 is 0. The maximum atomic E-state index is 12.7. The second kappa shape index (κ2) is 5.66. The van der Waals surface area contributed by atoms with Crippen molar-refractivity contribution in [2.45, 2.75) is 0 Å². The minimum Gasteiger partial charge on any atom is -0.354 e. The Morgan fingerprint density at radius 2 is 1.17 bits per heavy atom. The highest BCUT2D eigenvalue weighted by molar-refractivity contribution is 6.35. The molecule has 24 heavy (non-hydrogen) atoms. The lowest BCUT2D eigenvalue weighted by molar-refractivity contribution is 0.0926. The van der Waals surface area contributed by atoms with Gasteiger partial charge < -0.3 is 5.32 Å². The fourth-order valence-corrected chi connectivity index (χ4v) is 2.86. The van der Waals surface area contributed by atoms with Gasteiger partial charge in [0.05, 0.1) is 22.5 Å². The summed E-state index contributed by atoms with van der Waals surface area (Å²) in [4.78, 5) is 26.6. The van der Waals surface area contributed by atoms with Crippen molar-refractivity contribution in [2.75, 3.05) is 10.2 Å². The number of para-hydroxylation sites is 3. The predicted molar refractivity (Wildman–Crippen MR) is 93.7 cm³/mol. The smallest absolute Gasteiger partial charge is 0.266 e. The van der Waals surface area contributed by atoms with Crippen molar-refractivity contribution in [1.82, 2.24) is 0 Å². The quantitative estimate of drug-likeness (QED) is 0.736. The summed E-state index contributed by atoms with van der Waals surface area (Å²) < 4.78 is 0. The third kappa shape index (κ3) is 2.25. The van der Waals surface area contributed by atoms with E-state index in [-0.39, 0.29) is 11.8 Å². The molecule has 116 valence electrons. The number of amides is 2. The van der Waals surface area contributed by atoms with Crippen LogP contribution in [0.15, 0.2) is 78.9 Å². The molecule has 0 spiro atoms. The van der Waals surface area contributed by atoms with Crippen molar-refractivity contribution in [3.8, 4) is 0 Å². The number of carbonyl (C=O) groups is 2. The van der Waals surface area contributed by atoms with E-state index in [1.807, 2.05) is 48.5 Å². The molecule has 0 saturated carbocycles. The van der Waals surface area contributed by atoms with E-state index >= 15 is 0 Å². The largest absolute Gasteiger partial charge is 0.354 e. The molecule has 0 aromatic heterocycles. The Bertz CT molecular complexity index is 900. The van der Waals surface area contributed by atoms with Crippen LogP contribution in [0.2, 0.25) is 0 Å². The number of carbonyl (C=O) groups excluding carboxylic acids is 2. The molecule has 0 atom stereocenters. The van der Waals surface area contributed by atoms with Gasteiger partial charge in [0.25, 0.3) is 11.8 Å². The van der Waals surface area contributed by atoms with Crippen molar-refractivity contribution in [1.29, 1.82) is 0 Å². The third-order valence-electron chi connectivity index (χ3n) is 3.99. The van der Waals surface area contributed by atoms with Crippen molar-refractivity contribution in [3.63, 3.8) is 0 Å². The summed E-state index contributed by atoms with van der Waals surface area (Å²) in [6, 6.07) is 23.8. The van der Waals surface area contributed by atoms with Gasteiger partial charge in [0.2, 0.25) is 0 Å². The van der Waals surface area contributed by atoms with Crippen LogP contribution in [0.25, 0.3) is 0 Å². The van der Waals surface area contributed by atoms with Gasteiger partial charge in [-0.25, -0.2) is 4.90 Å². The Morgan fingerprint density at radius 3 is 1.83 bits per heavy atom. The normalized spacial score (nSPS) is 13.1. The molecule has 2 amide bonds. The summed E-state index contributed by atoms with van der Waals surface area (Å²) in [6.07, 6.45) is 0. The number of nitrogens with zero attached hydrogens (tertiary/aromatic N) is 1. The van der Waals surface area contributed by atoms with E-state index in [0.717, 1.165) is 5.69 Å². The van der Waals surface area contributed by atoms with Crippen LogP contribution in [-0.4, -0.2) is 11.8 Å². The second-order valence-electron chi connectivity index (χ2n) is 5.50. The molecule has 0 bridgehead atoms. The van der Waals surface area contributed by atoms with Gasteiger partial charge in [-0.3, -0.25) is 9.59 Å². The topological polar surface area (TPSA) is 49.4 Å². The van der Waals surface area contributed by atoms with E-state index in [9.17, 15) is 9.59 Å². The monoisotopic (exact) mass is 314 g/mol. The van der Waals surface area contributed by atoms with Crippen molar-refractivity contribution < 1.29 is 9.59 Å². The summed E-state index contributed by atoms with van der Waals surface area (Å²) in [5.74, 6) is -0.587. The standard InChI is InChI=1S/C20H14N2O2/c23-19-15-10-4-5-11-16(15)20(24)22(19)18-13-7-6-12-17(18)21-14-8-2-1-3-9-14/h1-13,21H. The fourth-order valence-electron chi connectivity index (χ4n) is 2.86. The van der Waals surface area contributed by atoms with E-state index in [2.05, 4.69) is 5.32 Å². The van der Waals surface area contributed by atoms with Gasteiger partial charge in [-0.15, -0.1) is 0 Å². The van der Waals surface area contributed by atoms with E-state index in [1.54, 1.807) is 30.3 Å². The van der Waals surface area contributed by atoms with Gasteiger partial charge in [0.1, 0.15) is 0 Å². The van der Waals surface area contributed by atoms with Crippen molar-refractivity contribution in [3.05, 3.63) is 90.0 Å². The lowest BCUT2D eigenvalue weighted by atomic mass is 10.1. The molecular formula is C20H14N2O2. The number of imide groups is 1. The SMILES string of the molecule is O=C1c2ccccc2C(=O)N1c1ccccc1Nc1ccccc1. The van der Waals surface area contributed by atoms with E-state index < -0.39 is 0 Å². The molecule has 0 radical (unpaired) electrons. The van der Waals surface area contributed by atoms with Crippen LogP contribution in [0, 0.1) is 0 Å². The molecule has 0 unspecified atom stereocenters. The zero-order chi connectivity index (χ0) is 16.5. The zero-order valence-corrected chi connectivity index (χ0v) is 12.8. The van der Waals surface area contributed by atoms with Crippen molar-refractivity contribution in [2.24, 2.45) is 0 Å². The third-order valence-corrected chi connectivity index (χ3v) is 3.99.